The molecule has 6 atom stereocenters. The molecule has 1 saturated carbocycles. The van der Waals surface area contributed by atoms with Gasteiger partial charge in [0, 0.05) is 24.5 Å². The average Bonchev–Trinajstić information content (AvgIpc) is 2.86. The number of fused-ring (bicyclic) bond motifs is 3. The van der Waals surface area contributed by atoms with E-state index in [0.29, 0.717) is 12.1 Å². The summed E-state index contributed by atoms with van der Waals surface area (Å²) in [6, 6.07) is 1.54. The molecule has 0 aromatic heterocycles. The van der Waals surface area contributed by atoms with Crippen LogP contribution in [0.5, 0.6) is 5.75 Å². The van der Waals surface area contributed by atoms with E-state index < -0.39 is 87.3 Å². The molecular formula is C27H34N4O9. The highest BCUT2D eigenvalue weighted by Gasteiger charge is 2.68. The third kappa shape index (κ3) is 4.08. The molecule has 0 radical (unpaired) electrons. The zero-order valence-electron chi connectivity index (χ0n) is 22.8. The van der Waals surface area contributed by atoms with Gasteiger partial charge in [-0.25, -0.2) is 0 Å². The Labute approximate surface area is 230 Å². The van der Waals surface area contributed by atoms with E-state index in [4.69, 9.17) is 5.73 Å². The molecular weight excluding hydrogens is 524 g/mol. The van der Waals surface area contributed by atoms with Crippen molar-refractivity contribution in [1.29, 1.82) is 0 Å². The first-order valence-corrected chi connectivity index (χ1v) is 12.7. The lowest BCUT2D eigenvalue weighted by Crippen LogP contribution is -2.70. The fourth-order valence-corrected chi connectivity index (χ4v) is 6.26. The average molecular weight is 559 g/mol. The normalized spacial score (nSPS) is 29.9. The lowest BCUT2D eigenvalue weighted by molar-refractivity contribution is -0.169. The molecule has 8 N–H and O–H groups in total. The molecule has 3 aliphatic rings. The van der Waals surface area contributed by atoms with Gasteiger partial charge in [-0.05, 0) is 45.7 Å². The Hall–Kier alpha value is -3.78. The number of hydrogen-bond acceptors (Lipinski definition) is 11. The predicted molar refractivity (Wildman–Crippen MR) is 142 cm³/mol. The summed E-state index contributed by atoms with van der Waals surface area (Å²) >= 11 is 0. The van der Waals surface area contributed by atoms with Crippen molar-refractivity contribution in [2.75, 3.05) is 40.1 Å². The maximum absolute atomic E-state index is 14.0. The minimum absolute atomic E-state index is 0.0320. The van der Waals surface area contributed by atoms with E-state index in [1.165, 1.54) is 31.1 Å². The maximum atomic E-state index is 14.0. The van der Waals surface area contributed by atoms with Crippen molar-refractivity contribution in [1.82, 2.24) is 9.80 Å². The molecule has 216 valence electrons. The molecule has 5 unspecified atom stereocenters. The van der Waals surface area contributed by atoms with Crippen LogP contribution in [0.15, 0.2) is 29.0 Å². The van der Waals surface area contributed by atoms with Crippen molar-refractivity contribution in [2.45, 2.75) is 37.0 Å². The molecule has 1 aromatic rings. The van der Waals surface area contributed by atoms with Crippen LogP contribution in [0.1, 0.15) is 30.4 Å². The van der Waals surface area contributed by atoms with E-state index in [2.05, 4.69) is 5.32 Å². The molecule has 13 heteroatoms. The van der Waals surface area contributed by atoms with Crippen molar-refractivity contribution in [3.8, 4) is 5.75 Å². The minimum Gasteiger partial charge on any atom is -0.508 e. The standard InChI is InChI=1S/C27H34N4O9/c1-10-11-6-7-12(29-13(32)8-9-30(2)3)20(33)15(11)21(34)16-14(10)22(35)18-19(31(4)5)23(36)17(26(28)39)25(38)27(18,40)24(16)37/h6-7,10,14,18-19,22,33-35,38,40H,8-9H2,1-5H3,(H2,28,39)(H,29,32)/t10?,14?,18?,19-,22?,27?/m0/s1. The number of likely N-dealkylation sites (N-methyl/N-ethyl adjacent to an activating group) is 1. The zero-order valence-corrected chi connectivity index (χ0v) is 22.8. The summed E-state index contributed by atoms with van der Waals surface area (Å²) in [7, 11) is 6.47. The summed E-state index contributed by atoms with van der Waals surface area (Å²) in [4.78, 5) is 54.8. The van der Waals surface area contributed by atoms with E-state index in [-0.39, 0.29) is 17.7 Å². The Kier molecular flexibility index (Phi) is 7.30. The number of primary amides is 1. The van der Waals surface area contributed by atoms with Gasteiger partial charge in [-0.1, -0.05) is 13.0 Å². The molecule has 1 fully saturated rings. The number of nitrogens with zero attached hydrogens (tertiary/aromatic N) is 2. The van der Waals surface area contributed by atoms with Gasteiger partial charge in [0.1, 0.15) is 22.8 Å². The highest BCUT2D eigenvalue weighted by Crippen LogP contribution is 2.56. The second-order valence-electron chi connectivity index (χ2n) is 11.1. The van der Waals surface area contributed by atoms with E-state index in [0.717, 1.165) is 0 Å². The Balaban J connectivity index is 1.91. The van der Waals surface area contributed by atoms with Crippen LogP contribution in [0.2, 0.25) is 0 Å². The first kappa shape index (κ1) is 29.2. The molecule has 0 saturated heterocycles. The van der Waals surface area contributed by atoms with Crippen molar-refractivity contribution in [2.24, 2.45) is 17.6 Å². The summed E-state index contributed by atoms with van der Waals surface area (Å²) < 4.78 is 0. The van der Waals surface area contributed by atoms with Crippen molar-refractivity contribution in [3.05, 3.63) is 40.2 Å². The second kappa shape index (κ2) is 10.0. The molecule has 0 bridgehead atoms. The second-order valence-corrected chi connectivity index (χ2v) is 11.1. The number of nitrogens with two attached hydrogens (primary N) is 1. The number of rotatable bonds is 6. The number of carbonyl (C=O) groups excluding carboxylic acids is 4. The number of anilines is 1. The molecule has 2 amide bonds. The van der Waals surface area contributed by atoms with E-state index in [1.54, 1.807) is 25.9 Å². The summed E-state index contributed by atoms with van der Waals surface area (Å²) in [6.07, 6.45) is -1.56. The highest BCUT2D eigenvalue weighted by atomic mass is 16.4. The summed E-state index contributed by atoms with van der Waals surface area (Å²) in [6.45, 7) is 2.07. The Morgan fingerprint density at radius 1 is 1.10 bits per heavy atom. The van der Waals surface area contributed by atoms with Gasteiger partial charge in [0.05, 0.1) is 29.3 Å². The van der Waals surface area contributed by atoms with Crippen LogP contribution in [-0.4, -0.2) is 111 Å². The molecule has 40 heavy (non-hydrogen) atoms. The topological polar surface area (TPSA) is 214 Å². The smallest absolute Gasteiger partial charge is 0.255 e. The van der Waals surface area contributed by atoms with Crippen LogP contribution in [-0.2, 0) is 19.2 Å². The molecule has 13 nitrogen and oxygen atoms in total. The van der Waals surface area contributed by atoms with Crippen LogP contribution < -0.4 is 11.1 Å². The van der Waals surface area contributed by atoms with Crippen molar-refractivity contribution in [3.63, 3.8) is 0 Å². The number of carbonyl (C=O) groups is 4. The lowest BCUT2D eigenvalue weighted by Gasteiger charge is -2.53. The van der Waals surface area contributed by atoms with Crippen LogP contribution in [0.25, 0.3) is 5.76 Å². The fraction of sp³-hybridized carbons (Fsp3) is 0.481. The number of aliphatic hydroxyl groups excluding tert-OH is 3. The number of hydrogen-bond donors (Lipinski definition) is 7. The number of ketones is 2. The first-order chi connectivity index (χ1) is 18.6. The van der Waals surface area contributed by atoms with Crippen LogP contribution in [0.3, 0.4) is 0 Å². The largest absolute Gasteiger partial charge is 0.508 e. The molecule has 3 aliphatic carbocycles. The Morgan fingerprint density at radius 3 is 2.27 bits per heavy atom. The van der Waals surface area contributed by atoms with Crippen LogP contribution in [0, 0.1) is 11.8 Å². The lowest BCUT2D eigenvalue weighted by atomic mass is 9.54. The molecule has 0 spiro atoms. The van der Waals surface area contributed by atoms with Crippen LogP contribution in [0.4, 0.5) is 5.69 Å². The fourth-order valence-electron chi connectivity index (χ4n) is 6.26. The predicted octanol–water partition coefficient (Wildman–Crippen LogP) is -0.614. The van der Waals surface area contributed by atoms with Gasteiger partial charge in [-0.3, -0.25) is 24.1 Å². The summed E-state index contributed by atoms with van der Waals surface area (Å²) in [5, 5.41) is 59.3. The van der Waals surface area contributed by atoms with Gasteiger partial charge < -0.3 is 41.5 Å². The first-order valence-electron chi connectivity index (χ1n) is 12.7. The van der Waals surface area contributed by atoms with E-state index >= 15 is 0 Å². The van der Waals surface area contributed by atoms with Crippen LogP contribution >= 0.6 is 0 Å². The van der Waals surface area contributed by atoms with Gasteiger partial charge in [0.2, 0.25) is 11.7 Å². The number of phenolic OH excluding ortho intramolecular Hbond substituents is 1. The third-order valence-electron chi connectivity index (χ3n) is 8.19. The van der Waals surface area contributed by atoms with E-state index in [9.17, 15) is 44.7 Å². The van der Waals surface area contributed by atoms with Gasteiger partial charge in [-0.15, -0.1) is 0 Å². The molecule has 0 aliphatic heterocycles. The SMILES string of the molecule is CC1c2ccc(NC(=O)CCN(C)C)c(O)c2C(O)=C2C(=O)C3(O)C(O)=C(C(N)=O)C(=O)[C@@H](N(C)C)C3C(O)C21. The summed E-state index contributed by atoms with van der Waals surface area (Å²) in [5.74, 6) is -10.2. The number of nitrogens with one attached hydrogen (secondary N) is 1. The van der Waals surface area contributed by atoms with Crippen molar-refractivity contribution >= 4 is 34.8 Å². The Morgan fingerprint density at radius 2 is 1.73 bits per heavy atom. The third-order valence-corrected chi connectivity index (χ3v) is 8.19. The van der Waals surface area contributed by atoms with Crippen molar-refractivity contribution < 1.29 is 44.7 Å². The molecule has 0 heterocycles. The van der Waals surface area contributed by atoms with Gasteiger partial charge in [0.25, 0.3) is 5.91 Å². The number of benzene rings is 1. The highest BCUT2D eigenvalue weighted by molar-refractivity contribution is 6.24. The van der Waals surface area contributed by atoms with Gasteiger partial charge in [-0.2, -0.15) is 0 Å². The Bertz CT molecular complexity index is 1380. The number of amides is 2. The quantitative estimate of drug-likeness (QED) is 0.173. The van der Waals surface area contributed by atoms with Gasteiger partial charge >= 0.3 is 0 Å². The zero-order chi connectivity index (χ0) is 30.0. The number of phenols is 1. The summed E-state index contributed by atoms with van der Waals surface area (Å²) in [5.41, 5.74) is 0.964. The monoisotopic (exact) mass is 558 g/mol. The number of Topliss-reactive ketones (excluding diaryl/α,β-unsaturated/α-hetero) is 2. The van der Waals surface area contributed by atoms with Gasteiger partial charge in [0.15, 0.2) is 11.4 Å². The van der Waals surface area contributed by atoms with E-state index in [1.807, 2.05) is 0 Å². The number of aromatic hydroxyl groups is 1. The minimum atomic E-state index is -2.99. The maximum Gasteiger partial charge on any atom is 0.255 e. The molecule has 1 aromatic carbocycles. The number of aliphatic hydroxyl groups is 4. The molecule has 4 rings (SSSR count).